The van der Waals surface area contributed by atoms with Crippen molar-refractivity contribution in [2.45, 2.75) is 12.8 Å². The Kier molecular flexibility index (Phi) is 5.52. The molecule has 2 rings (SSSR count). The molecule has 0 unspecified atom stereocenters. The van der Waals surface area contributed by atoms with Crippen molar-refractivity contribution in [1.82, 2.24) is 5.32 Å². The molecule has 0 saturated carbocycles. The zero-order valence-corrected chi connectivity index (χ0v) is 10.4. The van der Waals surface area contributed by atoms with E-state index in [4.69, 9.17) is 9.47 Å². The maximum absolute atomic E-state index is 11.6. The molecule has 0 aromatic carbocycles. The Bertz CT molecular complexity index is 231. The summed E-state index contributed by atoms with van der Waals surface area (Å²) in [4.78, 5) is 11.6. The molecule has 2 fully saturated rings. The molecule has 0 aromatic rings. The summed E-state index contributed by atoms with van der Waals surface area (Å²) in [5.74, 6) is 1.06. The molecule has 5 heteroatoms. The second-order valence-electron chi connectivity index (χ2n) is 4.40. The zero-order valence-electron chi connectivity index (χ0n) is 9.61. The normalized spacial score (nSPS) is 30.8. The number of carbonyl (C=O) groups excluding carboxylic acids is 1. The van der Waals surface area contributed by atoms with E-state index in [0.717, 1.165) is 39.1 Å². The number of rotatable bonds is 2. The molecule has 2 atom stereocenters. The summed E-state index contributed by atoms with van der Waals surface area (Å²) in [6.45, 7) is 3.41. The highest BCUT2D eigenvalue weighted by Gasteiger charge is 2.38. The fourth-order valence-electron chi connectivity index (χ4n) is 2.75. The SMILES string of the molecule is COC(=O)[C@@H]1CNC[C@H]1C1CCOCC1.Cl. The number of esters is 1. The summed E-state index contributed by atoms with van der Waals surface area (Å²) in [6, 6.07) is 0. The first-order valence-electron chi connectivity index (χ1n) is 5.69. The fraction of sp³-hybridized carbons (Fsp3) is 0.909. The van der Waals surface area contributed by atoms with Crippen LogP contribution in [-0.2, 0) is 14.3 Å². The van der Waals surface area contributed by atoms with Gasteiger partial charge in [-0.05, 0) is 31.2 Å². The third-order valence-electron chi connectivity index (χ3n) is 3.64. The summed E-state index contributed by atoms with van der Waals surface area (Å²) >= 11 is 0. The van der Waals surface area contributed by atoms with E-state index < -0.39 is 0 Å². The number of hydrogen-bond donors (Lipinski definition) is 1. The monoisotopic (exact) mass is 249 g/mol. The van der Waals surface area contributed by atoms with Crippen LogP contribution in [0.4, 0.5) is 0 Å². The molecular formula is C11H20ClNO3. The number of halogens is 1. The molecule has 2 saturated heterocycles. The highest BCUT2D eigenvalue weighted by atomic mass is 35.5. The molecule has 0 spiro atoms. The largest absolute Gasteiger partial charge is 0.469 e. The van der Waals surface area contributed by atoms with E-state index in [9.17, 15) is 4.79 Å². The third kappa shape index (κ3) is 2.87. The van der Waals surface area contributed by atoms with Crippen LogP contribution in [0.3, 0.4) is 0 Å². The van der Waals surface area contributed by atoms with Crippen molar-refractivity contribution >= 4 is 18.4 Å². The molecule has 4 nitrogen and oxygen atoms in total. The van der Waals surface area contributed by atoms with Crippen LogP contribution in [0.25, 0.3) is 0 Å². The van der Waals surface area contributed by atoms with Crippen molar-refractivity contribution in [2.75, 3.05) is 33.4 Å². The van der Waals surface area contributed by atoms with Gasteiger partial charge < -0.3 is 14.8 Å². The van der Waals surface area contributed by atoms with Gasteiger partial charge in [-0.25, -0.2) is 0 Å². The fourth-order valence-corrected chi connectivity index (χ4v) is 2.75. The average molecular weight is 250 g/mol. The Labute approximate surface area is 102 Å². The van der Waals surface area contributed by atoms with Crippen molar-refractivity contribution in [2.24, 2.45) is 17.8 Å². The van der Waals surface area contributed by atoms with Crippen molar-refractivity contribution in [3.63, 3.8) is 0 Å². The van der Waals surface area contributed by atoms with Crippen LogP contribution in [0.1, 0.15) is 12.8 Å². The maximum Gasteiger partial charge on any atom is 0.310 e. The quantitative estimate of drug-likeness (QED) is 0.737. The number of methoxy groups -OCH3 is 1. The molecule has 0 aromatic heterocycles. The summed E-state index contributed by atoms with van der Waals surface area (Å²) in [7, 11) is 1.47. The van der Waals surface area contributed by atoms with Gasteiger partial charge in [0.05, 0.1) is 13.0 Å². The Balaban J connectivity index is 0.00000128. The van der Waals surface area contributed by atoms with E-state index in [1.54, 1.807) is 0 Å². The molecule has 16 heavy (non-hydrogen) atoms. The van der Waals surface area contributed by atoms with Crippen molar-refractivity contribution in [3.8, 4) is 0 Å². The third-order valence-corrected chi connectivity index (χ3v) is 3.64. The summed E-state index contributed by atoms with van der Waals surface area (Å²) < 4.78 is 10.2. The minimum atomic E-state index is -0.0588. The topological polar surface area (TPSA) is 47.6 Å². The Morgan fingerprint density at radius 2 is 2.00 bits per heavy atom. The number of hydrogen-bond acceptors (Lipinski definition) is 4. The van der Waals surface area contributed by atoms with Gasteiger partial charge in [-0.3, -0.25) is 4.79 Å². The number of ether oxygens (including phenoxy) is 2. The van der Waals surface area contributed by atoms with E-state index in [-0.39, 0.29) is 24.3 Å². The van der Waals surface area contributed by atoms with Gasteiger partial charge in [0.15, 0.2) is 0 Å². The van der Waals surface area contributed by atoms with Gasteiger partial charge in [0.2, 0.25) is 0 Å². The lowest BCUT2D eigenvalue weighted by molar-refractivity contribution is -0.147. The first-order chi connectivity index (χ1) is 7.33. The smallest absolute Gasteiger partial charge is 0.310 e. The van der Waals surface area contributed by atoms with Crippen molar-refractivity contribution in [1.29, 1.82) is 0 Å². The molecule has 0 bridgehead atoms. The standard InChI is InChI=1S/C11H19NO3.ClH/c1-14-11(13)10-7-12-6-9(10)8-2-4-15-5-3-8;/h8-10,12H,2-7H2,1H3;1H/t9-,10+;/m0./s1. The van der Waals surface area contributed by atoms with Crippen LogP contribution in [0, 0.1) is 17.8 Å². The predicted octanol–water partition coefficient (Wildman–Crippen LogP) is 0.843. The van der Waals surface area contributed by atoms with Crippen molar-refractivity contribution < 1.29 is 14.3 Å². The van der Waals surface area contributed by atoms with Gasteiger partial charge in [0, 0.05) is 19.8 Å². The van der Waals surface area contributed by atoms with E-state index in [2.05, 4.69) is 5.32 Å². The Morgan fingerprint density at radius 3 is 2.62 bits per heavy atom. The van der Waals surface area contributed by atoms with E-state index >= 15 is 0 Å². The van der Waals surface area contributed by atoms with E-state index in [0.29, 0.717) is 11.8 Å². The molecule has 2 aliphatic rings. The molecule has 0 aliphatic carbocycles. The van der Waals surface area contributed by atoms with Crippen LogP contribution in [0.15, 0.2) is 0 Å². The van der Waals surface area contributed by atoms with E-state index in [1.807, 2.05) is 0 Å². The van der Waals surface area contributed by atoms with Gasteiger partial charge >= 0.3 is 5.97 Å². The predicted molar refractivity (Wildman–Crippen MR) is 62.7 cm³/mol. The van der Waals surface area contributed by atoms with Gasteiger partial charge in [-0.1, -0.05) is 0 Å². The van der Waals surface area contributed by atoms with Crippen LogP contribution >= 0.6 is 12.4 Å². The average Bonchev–Trinajstić information content (AvgIpc) is 2.78. The lowest BCUT2D eigenvalue weighted by Crippen LogP contribution is -2.32. The molecular weight excluding hydrogens is 230 g/mol. The lowest BCUT2D eigenvalue weighted by Gasteiger charge is -2.29. The first kappa shape index (κ1) is 13.7. The number of carbonyl (C=O) groups is 1. The highest BCUT2D eigenvalue weighted by molar-refractivity contribution is 5.85. The zero-order chi connectivity index (χ0) is 10.7. The summed E-state index contributed by atoms with van der Waals surface area (Å²) in [6.07, 6.45) is 2.17. The first-order valence-corrected chi connectivity index (χ1v) is 5.69. The van der Waals surface area contributed by atoms with Gasteiger partial charge in [-0.2, -0.15) is 0 Å². The molecule has 2 aliphatic heterocycles. The maximum atomic E-state index is 11.6. The second-order valence-corrected chi connectivity index (χ2v) is 4.40. The summed E-state index contributed by atoms with van der Waals surface area (Å²) in [5.41, 5.74) is 0. The Hall–Kier alpha value is -0.320. The van der Waals surface area contributed by atoms with Crippen LogP contribution in [-0.4, -0.2) is 39.4 Å². The Morgan fingerprint density at radius 1 is 1.31 bits per heavy atom. The molecule has 0 amide bonds. The molecule has 0 radical (unpaired) electrons. The van der Waals surface area contributed by atoms with Crippen molar-refractivity contribution in [3.05, 3.63) is 0 Å². The summed E-state index contributed by atoms with van der Waals surface area (Å²) in [5, 5.41) is 3.29. The van der Waals surface area contributed by atoms with Crippen LogP contribution < -0.4 is 5.32 Å². The molecule has 1 N–H and O–H groups in total. The number of nitrogens with one attached hydrogen (secondary N) is 1. The van der Waals surface area contributed by atoms with Gasteiger partial charge in [0.1, 0.15) is 0 Å². The minimum Gasteiger partial charge on any atom is -0.469 e. The van der Waals surface area contributed by atoms with Gasteiger partial charge in [-0.15, -0.1) is 12.4 Å². The van der Waals surface area contributed by atoms with Crippen LogP contribution in [0.2, 0.25) is 0 Å². The van der Waals surface area contributed by atoms with E-state index in [1.165, 1.54) is 7.11 Å². The minimum absolute atomic E-state index is 0. The van der Waals surface area contributed by atoms with Crippen LogP contribution in [0.5, 0.6) is 0 Å². The highest BCUT2D eigenvalue weighted by Crippen LogP contribution is 2.32. The lowest BCUT2D eigenvalue weighted by atomic mass is 9.80. The van der Waals surface area contributed by atoms with Gasteiger partial charge in [0.25, 0.3) is 0 Å². The molecule has 2 heterocycles. The molecule has 94 valence electrons. The second kappa shape index (κ2) is 6.42.